The van der Waals surface area contributed by atoms with Gasteiger partial charge < -0.3 is 20.9 Å². The lowest BCUT2D eigenvalue weighted by Gasteiger charge is -2.11. The summed E-state index contributed by atoms with van der Waals surface area (Å²) < 4.78 is 11.1. The molecule has 4 aromatic carbocycles. The van der Waals surface area contributed by atoms with E-state index in [-0.39, 0.29) is 0 Å². The highest BCUT2D eigenvalue weighted by Gasteiger charge is 2.07. The second kappa shape index (κ2) is 12.2. The molecule has 176 valence electrons. The number of anilines is 2. The first-order chi connectivity index (χ1) is 16.4. The minimum absolute atomic E-state index is 0.629. The van der Waals surface area contributed by atoms with Crippen molar-refractivity contribution < 1.29 is 9.47 Å². The Labute approximate surface area is 211 Å². The molecule has 0 radical (unpaired) electrons. The maximum Gasteiger partial charge on any atom is 0.127 e. The smallest absolute Gasteiger partial charge is 0.127 e. The summed E-state index contributed by atoms with van der Waals surface area (Å²) in [6.07, 6.45) is 0. The maximum atomic E-state index is 5.97. The van der Waals surface area contributed by atoms with E-state index in [2.05, 4.69) is 0 Å². The van der Waals surface area contributed by atoms with Crippen molar-refractivity contribution in [3.8, 4) is 33.8 Å². The van der Waals surface area contributed by atoms with Crippen molar-refractivity contribution in [2.45, 2.75) is 13.8 Å². The molecule has 4 rings (SSSR count). The molecule has 0 atom stereocenters. The summed E-state index contributed by atoms with van der Waals surface area (Å²) in [5.41, 5.74) is 17.3. The Bertz CT molecular complexity index is 1210. The Morgan fingerprint density at radius 3 is 1.74 bits per heavy atom. The summed E-state index contributed by atoms with van der Waals surface area (Å²) in [5.74, 6) is 1.66. The van der Waals surface area contributed by atoms with Gasteiger partial charge in [-0.2, -0.15) is 0 Å². The van der Waals surface area contributed by atoms with Crippen LogP contribution in [0.15, 0.2) is 84.9 Å². The highest BCUT2D eigenvalue weighted by molar-refractivity contribution is 6.30. The van der Waals surface area contributed by atoms with Crippen LogP contribution in [-0.4, -0.2) is 13.2 Å². The van der Waals surface area contributed by atoms with Crippen molar-refractivity contribution in [1.82, 2.24) is 0 Å². The Morgan fingerprint density at radius 2 is 1.18 bits per heavy atom. The Balaban J connectivity index is 0.000000191. The van der Waals surface area contributed by atoms with E-state index in [4.69, 9.17) is 44.1 Å². The first-order valence-electron chi connectivity index (χ1n) is 11.0. The van der Waals surface area contributed by atoms with Crippen molar-refractivity contribution in [2.75, 3.05) is 24.7 Å². The van der Waals surface area contributed by atoms with E-state index in [1.165, 1.54) is 0 Å². The maximum absolute atomic E-state index is 5.97. The zero-order valence-corrected chi connectivity index (χ0v) is 20.7. The largest absolute Gasteiger partial charge is 0.494 e. The van der Waals surface area contributed by atoms with E-state index in [0.717, 1.165) is 50.2 Å². The third-order valence-corrected chi connectivity index (χ3v) is 5.45. The van der Waals surface area contributed by atoms with Crippen LogP contribution in [-0.2, 0) is 0 Å². The van der Waals surface area contributed by atoms with Gasteiger partial charge in [-0.05, 0) is 85.6 Å². The Morgan fingerprint density at radius 1 is 0.618 bits per heavy atom. The number of benzene rings is 4. The number of rotatable bonds is 6. The quantitative estimate of drug-likeness (QED) is 0.266. The first kappa shape index (κ1) is 25.3. The molecule has 0 saturated heterocycles. The van der Waals surface area contributed by atoms with Crippen LogP contribution in [0, 0.1) is 0 Å². The molecular formula is C28H28Cl2N2O2. The molecule has 0 saturated carbocycles. The number of halogens is 2. The van der Waals surface area contributed by atoms with Gasteiger partial charge in [0.05, 0.1) is 13.2 Å². The predicted molar refractivity (Wildman–Crippen MR) is 145 cm³/mol. The summed E-state index contributed by atoms with van der Waals surface area (Å²) in [7, 11) is 0. The van der Waals surface area contributed by atoms with Gasteiger partial charge in [0, 0.05) is 32.5 Å². The average molecular weight is 495 g/mol. The van der Waals surface area contributed by atoms with Gasteiger partial charge in [0.2, 0.25) is 0 Å². The van der Waals surface area contributed by atoms with E-state index in [1.54, 1.807) is 0 Å². The molecule has 0 aromatic heterocycles. The highest BCUT2D eigenvalue weighted by atomic mass is 35.5. The van der Waals surface area contributed by atoms with Crippen molar-refractivity contribution in [3.63, 3.8) is 0 Å². The van der Waals surface area contributed by atoms with Gasteiger partial charge in [0.1, 0.15) is 11.5 Å². The second-order valence-electron chi connectivity index (χ2n) is 7.38. The van der Waals surface area contributed by atoms with E-state index >= 15 is 0 Å². The lowest BCUT2D eigenvalue weighted by molar-refractivity contribution is 0.340. The summed E-state index contributed by atoms with van der Waals surface area (Å²) in [6, 6.07) is 26.5. The fraction of sp³-hybridized carbons (Fsp3) is 0.143. The van der Waals surface area contributed by atoms with Crippen molar-refractivity contribution >= 4 is 34.6 Å². The molecule has 4 aromatic rings. The standard InChI is InChI=1S/2C14H14ClNO/c1-2-17-12-7-8-14(16)13(9-12)10-3-5-11(15)6-4-10;1-2-17-14-8-7-12(16)9-13(14)10-3-5-11(15)6-4-10/h2*3-9H,2,16H2,1H3. The second-order valence-corrected chi connectivity index (χ2v) is 8.26. The summed E-state index contributed by atoms with van der Waals surface area (Å²) in [5, 5.41) is 1.43. The molecule has 34 heavy (non-hydrogen) atoms. The van der Waals surface area contributed by atoms with Crippen LogP contribution < -0.4 is 20.9 Å². The molecule has 0 aliphatic carbocycles. The first-order valence-corrected chi connectivity index (χ1v) is 11.7. The van der Waals surface area contributed by atoms with Gasteiger partial charge in [-0.15, -0.1) is 0 Å². The minimum Gasteiger partial charge on any atom is -0.494 e. The van der Waals surface area contributed by atoms with Gasteiger partial charge in [-0.3, -0.25) is 0 Å². The van der Waals surface area contributed by atoms with Crippen LogP contribution in [0.4, 0.5) is 11.4 Å². The lowest BCUT2D eigenvalue weighted by Crippen LogP contribution is -1.95. The molecule has 6 heteroatoms. The molecule has 0 aliphatic heterocycles. The number of ether oxygens (including phenoxy) is 2. The molecular weight excluding hydrogens is 467 g/mol. The van der Waals surface area contributed by atoms with Crippen LogP contribution in [0.25, 0.3) is 22.3 Å². The third-order valence-electron chi connectivity index (χ3n) is 4.95. The van der Waals surface area contributed by atoms with Gasteiger partial charge >= 0.3 is 0 Å². The van der Waals surface area contributed by atoms with Gasteiger partial charge in [-0.25, -0.2) is 0 Å². The van der Waals surface area contributed by atoms with E-state index in [0.29, 0.717) is 18.2 Å². The Hall–Kier alpha value is -3.34. The predicted octanol–water partition coefficient (Wildman–Crippen LogP) is 7.98. The van der Waals surface area contributed by atoms with Gasteiger partial charge in [0.15, 0.2) is 0 Å². The topological polar surface area (TPSA) is 70.5 Å². The number of hydrogen-bond acceptors (Lipinski definition) is 4. The van der Waals surface area contributed by atoms with Crippen molar-refractivity contribution in [3.05, 3.63) is 95.0 Å². The molecule has 4 N–H and O–H groups in total. The molecule has 0 spiro atoms. The highest BCUT2D eigenvalue weighted by Crippen LogP contribution is 2.33. The van der Waals surface area contributed by atoms with E-state index in [9.17, 15) is 0 Å². The van der Waals surface area contributed by atoms with Crippen LogP contribution in [0.1, 0.15) is 13.8 Å². The summed E-state index contributed by atoms with van der Waals surface area (Å²) in [4.78, 5) is 0. The molecule has 0 bridgehead atoms. The zero-order chi connectivity index (χ0) is 24.5. The molecule has 0 aliphatic rings. The molecule has 0 heterocycles. The normalized spacial score (nSPS) is 10.2. The number of hydrogen-bond donors (Lipinski definition) is 2. The number of nitrogens with two attached hydrogens (primary N) is 2. The van der Waals surface area contributed by atoms with Crippen molar-refractivity contribution in [1.29, 1.82) is 0 Å². The minimum atomic E-state index is 0.629. The SMILES string of the molecule is CCOc1ccc(N)c(-c2ccc(Cl)cc2)c1.CCOc1ccc(N)cc1-c1ccc(Cl)cc1. The van der Waals surface area contributed by atoms with E-state index < -0.39 is 0 Å². The fourth-order valence-electron chi connectivity index (χ4n) is 3.36. The van der Waals surface area contributed by atoms with Crippen molar-refractivity contribution in [2.24, 2.45) is 0 Å². The van der Waals surface area contributed by atoms with Gasteiger partial charge in [0.25, 0.3) is 0 Å². The number of nitrogen functional groups attached to an aromatic ring is 2. The molecule has 0 fully saturated rings. The fourth-order valence-corrected chi connectivity index (χ4v) is 3.61. The molecule has 4 nitrogen and oxygen atoms in total. The monoisotopic (exact) mass is 494 g/mol. The zero-order valence-electron chi connectivity index (χ0n) is 19.2. The third kappa shape index (κ3) is 6.83. The molecule has 0 amide bonds. The van der Waals surface area contributed by atoms with Crippen LogP contribution >= 0.6 is 23.2 Å². The van der Waals surface area contributed by atoms with E-state index in [1.807, 2.05) is 98.8 Å². The Kier molecular flexibility index (Phi) is 9.08. The molecule has 0 unspecified atom stereocenters. The van der Waals surface area contributed by atoms with Crippen LogP contribution in [0.5, 0.6) is 11.5 Å². The summed E-state index contributed by atoms with van der Waals surface area (Å²) >= 11 is 11.7. The summed E-state index contributed by atoms with van der Waals surface area (Å²) in [6.45, 7) is 5.19. The lowest BCUT2D eigenvalue weighted by atomic mass is 10.0. The average Bonchev–Trinajstić information content (AvgIpc) is 2.83. The van der Waals surface area contributed by atoms with Crippen LogP contribution in [0.3, 0.4) is 0 Å². The van der Waals surface area contributed by atoms with Gasteiger partial charge in [-0.1, -0.05) is 47.5 Å². The van der Waals surface area contributed by atoms with Crippen LogP contribution in [0.2, 0.25) is 10.0 Å².